The van der Waals surface area contributed by atoms with Crippen LogP contribution >= 0.6 is 23.4 Å². The summed E-state index contributed by atoms with van der Waals surface area (Å²) in [6, 6.07) is 5.71. The highest BCUT2D eigenvalue weighted by molar-refractivity contribution is 8.18. The van der Waals surface area contributed by atoms with Crippen LogP contribution in [0.5, 0.6) is 11.5 Å². The molecular weight excluding hydrogens is 454 g/mol. The van der Waals surface area contributed by atoms with Gasteiger partial charge >= 0.3 is 0 Å². The Labute approximate surface area is 184 Å². The number of anilines is 1. The molecule has 0 radical (unpaired) electrons. The highest BCUT2D eigenvalue weighted by Crippen LogP contribution is 2.38. The van der Waals surface area contributed by atoms with E-state index >= 15 is 0 Å². The van der Waals surface area contributed by atoms with Gasteiger partial charge in [0.1, 0.15) is 18.2 Å². The minimum absolute atomic E-state index is 0.0639. The van der Waals surface area contributed by atoms with Gasteiger partial charge in [-0.1, -0.05) is 11.6 Å². The lowest BCUT2D eigenvalue weighted by Gasteiger charge is -2.13. The lowest BCUT2D eigenvalue weighted by Crippen LogP contribution is -2.36. The molecule has 0 atom stereocenters. The molecular formula is C20H15ClF2N2O5S. The number of amides is 3. The molecule has 3 amide bonds. The molecule has 1 aliphatic rings. The number of carbonyl (C=O) groups excluding carboxylic acids is 3. The molecule has 31 heavy (non-hydrogen) atoms. The highest BCUT2D eigenvalue weighted by atomic mass is 35.5. The van der Waals surface area contributed by atoms with E-state index in [0.717, 1.165) is 17.0 Å². The second kappa shape index (κ2) is 9.36. The molecule has 0 unspecified atom stereocenters. The number of benzene rings is 2. The summed E-state index contributed by atoms with van der Waals surface area (Å²) in [5.74, 6) is -2.64. The van der Waals surface area contributed by atoms with Gasteiger partial charge in [0.15, 0.2) is 11.5 Å². The number of imide groups is 1. The van der Waals surface area contributed by atoms with Gasteiger partial charge < -0.3 is 14.8 Å². The van der Waals surface area contributed by atoms with Crippen LogP contribution in [-0.2, 0) is 9.59 Å². The van der Waals surface area contributed by atoms with E-state index < -0.39 is 35.2 Å². The number of hydrogen-bond acceptors (Lipinski definition) is 6. The van der Waals surface area contributed by atoms with Crippen molar-refractivity contribution >= 4 is 52.2 Å². The second-order valence-corrected chi connectivity index (χ2v) is 7.58. The third-order valence-electron chi connectivity index (χ3n) is 4.13. The first-order valence-electron chi connectivity index (χ1n) is 8.65. The van der Waals surface area contributed by atoms with E-state index in [0.29, 0.717) is 34.9 Å². The number of hydrogen-bond donors (Lipinski definition) is 1. The molecule has 1 fully saturated rings. The number of nitrogens with one attached hydrogen (secondary N) is 1. The fourth-order valence-electron chi connectivity index (χ4n) is 2.73. The number of methoxy groups -OCH3 is 2. The standard InChI is InChI=1S/C20H15ClF2N2O5S/c1-29-15-6-10(5-12(21)18(15)30-2)7-16-19(27)25(20(28)31-16)9-17(26)24-14-4-3-11(22)8-13(14)23/h3-8H,9H2,1-2H3,(H,24,26). The fourth-order valence-corrected chi connectivity index (χ4v) is 3.87. The Morgan fingerprint density at radius 1 is 1.19 bits per heavy atom. The Kier molecular flexibility index (Phi) is 6.81. The lowest BCUT2D eigenvalue weighted by molar-refractivity contribution is -0.127. The maximum Gasteiger partial charge on any atom is 0.294 e. The van der Waals surface area contributed by atoms with Gasteiger partial charge in [-0.3, -0.25) is 19.3 Å². The zero-order valence-electron chi connectivity index (χ0n) is 16.2. The van der Waals surface area contributed by atoms with Gasteiger partial charge in [0.05, 0.1) is 29.8 Å². The molecule has 1 saturated heterocycles. The molecule has 1 heterocycles. The monoisotopic (exact) mass is 468 g/mol. The Morgan fingerprint density at radius 2 is 1.94 bits per heavy atom. The van der Waals surface area contributed by atoms with Gasteiger partial charge in [-0.15, -0.1) is 0 Å². The molecule has 7 nitrogen and oxygen atoms in total. The first-order valence-corrected chi connectivity index (χ1v) is 9.84. The summed E-state index contributed by atoms with van der Waals surface area (Å²) in [5, 5.41) is 1.78. The first kappa shape index (κ1) is 22.6. The summed E-state index contributed by atoms with van der Waals surface area (Å²) in [5.41, 5.74) is 0.208. The number of ether oxygens (including phenoxy) is 2. The summed E-state index contributed by atoms with van der Waals surface area (Å²) < 4.78 is 37.0. The van der Waals surface area contributed by atoms with Crippen LogP contribution in [0.2, 0.25) is 5.02 Å². The van der Waals surface area contributed by atoms with Crippen LogP contribution in [0, 0.1) is 11.6 Å². The number of halogens is 3. The summed E-state index contributed by atoms with van der Waals surface area (Å²) in [6.45, 7) is -0.633. The van der Waals surface area contributed by atoms with Crippen molar-refractivity contribution in [2.45, 2.75) is 0 Å². The number of thioether (sulfide) groups is 1. The number of rotatable bonds is 6. The zero-order chi connectivity index (χ0) is 22.7. The SMILES string of the molecule is COc1cc(C=C2SC(=O)N(CC(=O)Nc3ccc(F)cc3F)C2=O)cc(Cl)c1OC. The molecule has 0 saturated carbocycles. The molecule has 1 aliphatic heterocycles. The summed E-state index contributed by atoms with van der Waals surface area (Å²) in [6.07, 6.45) is 1.43. The van der Waals surface area contributed by atoms with Gasteiger partial charge in [-0.2, -0.15) is 0 Å². The normalized spacial score (nSPS) is 14.9. The third kappa shape index (κ3) is 4.97. The molecule has 0 bridgehead atoms. The van der Waals surface area contributed by atoms with E-state index in [1.165, 1.54) is 26.4 Å². The molecule has 1 N–H and O–H groups in total. The maximum atomic E-state index is 13.7. The van der Waals surface area contributed by atoms with E-state index in [9.17, 15) is 23.2 Å². The van der Waals surface area contributed by atoms with E-state index in [1.54, 1.807) is 6.07 Å². The molecule has 11 heteroatoms. The van der Waals surface area contributed by atoms with E-state index in [1.807, 2.05) is 0 Å². The Hall–Kier alpha value is -3.11. The second-order valence-electron chi connectivity index (χ2n) is 6.18. The van der Waals surface area contributed by atoms with Crippen LogP contribution in [0.1, 0.15) is 5.56 Å². The molecule has 0 spiro atoms. The fraction of sp³-hybridized carbons (Fsp3) is 0.150. The average molecular weight is 469 g/mol. The molecule has 162 valence electrons. The maximum absolute atomic E-state index is 13.7. The van der Waals surface area contributed by atoms with Crippen LogP contribution in [0.25, 0.3) is 6.08 Å². The van der Waals surface area contributed by atoms with Crippen LogP contribution in [-0.4, -0.2) is 42.7 Å². The Bertz CT molecular complexity index is 1110. The number of carbonyl (C=O) groups is 3. The minimum atomic E-state index is -0.979. The summed E-state index contributed by atoms with van der Waals surface area (Å²) in [7, 11) is 2.85. The highest BCUT2D eigenvalue weighted by Gasteiger charge is 2.36. The topological polar surface area (TPSA) is 84.9 Å². The molecule has 2 aromatic rings. The van der Waals surface area contributed by atoms with E-state index in [-0.39, 0.29) is 15.6 Å². The number of nitrogens with zero attached hydrogens (tertiary/aromatic N) is 1. The van der Waals surface area contributed by atoms with Crippen LogP contribution in [0.3, 0.4) is 0 Å². The zero-order valence-corrected chi connectivity index (χ0v) is 17.8. The molecule has 3 rings (SSSR count). The van der Waals surface area contributed by atoms with Crippen LogP contribution in [0.4, 0.5) is 19.3 Å². The van der Waals surface area contributed by atoms with Gasteiger partial charge in [-0.25, -0.2) is 8.78 Å². The van der Waals surface area contributed by atoms with Crippen molar-refractivity contribution in [1.29, 1.82) is 0 Å². The first-order chi connectivity index (χ1) is 14.7. The lowest BCUT2D eigenvalue weighted by atomic mass is 10.2. The van der Waals surface area contributed by atoms with Crippen molar-refractivity contribution in [3.63, 3.8) is 0 Å². The van der Waals surface area contributed by atoms with E-state index in [2.05, 4.69) is 5.32 Å². The van der Waals surface area contributed by atoms with E-state index in [4.69, 9.17) is 21.1 Å². The average Bonchev–Trinajstić information content (AvgIpc) is 2.97. The van der Waals surface area contributed by atoms with Crippen molar-refractivity contribution in [3.05, 3.63) is 57.5 Å². The predicted octanol–water partition coefficient (Wildman–Crippen LogP) is 4.31. The van der Waals surface area contributed by atoms with Crippen LogP contribution < -0.4 is 14.8 Å². The van der Waals surface area contributed by atoms with Crippen LogP contribution in [0.15, 0.2) is 35.2 Å². The van der Waals surface area contributed by atoms with Gasteiger partial charge in [0.2, 0.25) is 5.91 Å². The quantitative estimate of drug-likeness (QED) is 0.636. The minimum Gasteiger partial charge on any atom is -0.493 e. The molecule has 0 aromatic heterocycles. The Morgan fingerprint density at radius 3 is 2.58 bits per heavy atom. The molecule has 0 aliphatic carbocycles. The van der Waals surface area contributed by atoms with Crippen molar-refractivity contribution in [2.75, 3.05) is 26.1 Å². The van der Waals surface area contributed by atoms with Crippen molar-refractivity contribution in [1.82, 2.24) is 4.90 Å². The predicted molar refractivity (Wildman–Crippen MR) is 112 cm³/mol. The Balaban J connectivity index is 1.76. The third-order valence-corrected chi connectivity index (χ3v) is 5.32. The summed E-state index contributed by atoms with van der Waals surface area (Å²) in [4.78, 5) is 37.8. The van der Waals surface area contributed by atoms with Crippen molar-refractivity contribution < 1.29 is 32.6 Å². The molecule has 2 aromatic carbocycles. The summed E-state index contributed by atoms with van der Waals surface area (Å²) >= 11 is 6.79. The van der Waals surface area contributed by atoms with Gasteiger partial charge in [0.25, 0.3) is 11.1 Å². The van der Waals surface area contributed by atoms with Gasteiger partial charge in [-0.05, 0) is 47.7 Å². The largest absolute Gasteiger partial charge is 0.493 e. The van der Waals surface area contributed by atoms with Gasteiger partial charge in [0, 0.05) is 6.07 Å². The van der Waals surface area contributed by atoms with Crippen molar-refractivity contribution in [3.8, 4) is 11.5 Å². The van der Waals surface area contributed by atoms with Crippen molar-refractivity contribution in [2.24, 2.45) is 0 Å². The smallest absolute Gasteiger partial charge is 0.294 e.